The standard InChI is InChI=1S/C17H24N4O2S/c1-19(2)16-9-10-21(17(16)11-14-12-18-20(3)13-14)24(22,23)15-7-5-4-6-8-15/h4-8,12-13,16-17H,9-11H2,1-3H3/t16-,17+/m1/s1. The maximum atomic E-state index is 13.1. The average Bonchev–Trinajstić information content (AvgIpc) is 3.15. The quantitative estimate of drug-likeness (QED) is 0.819. The summed E-state index contributed by atoms with van der Waals surface area (Å²) in [5, 5.41) is 4.21. The molecular weight excluding hydrogens is 324 g/mol. The van der Waals surface area contributed by atoms with E-state index in [0.717, 1.165) is 12.0 Å². The van der Waals surface area contributed by atoms with E-state index in [2.05, 4.69) is 10.00 Å². The molecule has 0 spiro atoms. The van der Waals surface area contributed by atoms with E-state index in [4.69, 9.17) is 0 Å². The highest BCUT2D eigenvalue weighted by atomic mass is 32.2. The lowest BCUT2D eigenvalue weighted by Gasteiger charge is -2.30. The Balaban J connectivity index is 1.93. The van der Waals surface area contributed by atoms with Crippen molar-refractivity contribution in [3.8, 4) is 0 Å². The predicted molar refractivity (Wildman–Crippen MR) is 93.1 cm³/mol. The Hall–Kier alpha value is -1.70. The Morgan fingerprint density at radius 2 is 1.96 bits per heavy atom. The molecule has 24 heavy (non-hydrogen) atoms. The first-order valence-electron chi connectivity index (χ1n) is 8.10. The van der Waals surface area contributed by atoms with Gasteiger partial charge in [-0.15, -0.1) is 0 Å². The van der Waals surface area contributed by atoms with Gasteiger partial charge in [-0.2, -0.15) is 9.40 Å². The van der Waals surface area contributed by atoms with Crippen LogP contribution in [0.5, 0.6) is 0 Å². The summed E-state index contributed by atoms with van der Waals surface area (Å²) in [7, 11) is 2.41. The van der Waals surface area contributed by atoms with Crippen LogP contribution in [-0.2, 0) is 23.5 Å². The fraction of sp³-hybridized carbons (Fsp3) is 0.471. The zero-order valence-electron chi connectivity index (χ0n) is 14.3. The summed E-state index contributed by atoms with van der Waals surface area (Å²) in [6.07, 6.45) is 5.28. The van der Waals surface area contributed by atoms with Gasteiger partial charge in [0.1, 0.15) is 0 Å². The van der Waals surface area contributed by atoms with Crippen molar-refractivity contribution in [2.45, 2.75) is 29.8 Å². The van der Waals surface area contributed by atoms with Crippen molar-refractivity contribution in [2.24, 2.45) is 7.05 Å². The molecule has 7 heteroatoms. The maximum Gasteiger partial charge on any atom is 0.243 e. The van der Waals surface area contributed by atoms with Gasteiger partial charge in [0, 0.05) is 31.9 Å². The van der Waals surface area contributed by atoms with E-state index >= 15 is 0 Å². The van der Waals surface area contributed by atoms with Crippen LogP contribution in [0.15, 0.2) is 47.6 Å². The summed E-state index contributed by atoms with van der Waals surface area (Å²) in [5.74, 6) is 0. The molecule has 1 fully saturated rings. The minimum absolute atomic E-state index is 0.0885. The van der Waals surface area contributed by atoms with Crippen LogP contribution in [0.1, 0.15) is 12.0 Å². The molecule has 0 aliphatic carbocycles. The fourth-order valence-electron chi connectivity index (χ4n) is 3.49. The zero-order valence-corrected chi connectivity index (χ0v) is 15.1. The van der Waals surface area contributed by atoms with Crippen molar-refractivity contribution >= 4 is 10.0 Å². The van der Waals surface area contributed by atoms with E-state index in [-0.39, 0.29) is 12.1 Å². The minimum atomic E-state index is -3.49. The predicted octanol–water partition coefficient (Wildman–Crippen LogP) is 1.36. The highest BCUT2D eigenvalue weighted by Crippen LogP contribution is 2.30. The summed E-state index contributed by atoms with van der Waals surface area (Å²) >= 11 is 0. The Kier molecular flexibility index (Phi) is 4.76. The second kappa shape index (κ2) is 6.66. The van der Waals surface area contributed by atoms with Gasteiger partial charge in [-0.25, -0.2) is 8.42 Å². The number of nitrogens with zero attached hydrogens (tertiary/aromatic N) is 4. The molecule has 0 unspecified atom stereocenters. The van der Waals surface area contributed by atoms with Crippen LogP contribution in [-0.4, -0.2) is 60.1 Å². The van der Waals surface area contributed by atoms with Crippen molar-refractivity contribution in [1.29, 1.82) is 0 Å². The minimum Gasteiger partial charge on any atom is -0.305 e. The molecule has 1 aliphatic heterocycles. The summed E-state index contributed by atoms with van der Waals surface area (Å²) in [5.41, 5.74) is 1.06. The zero-order chi connectivity index (χ0) is 17.3. The highest BCUT2D eigenvalue weighted by Gasteiger charge is 2.42. The Labute approximate surface area is 143 Å². The number of aryl methyl sites for hydroxylation is 1. The van der Waals surface area contributed by atoms with Gasteiger partial charge in [0.25, 0.3) is 0 Å². The lowest BCUT2D eigenvalue weighted by atomic mass is 10.0. The SMILES string of the molecule is CN(C)[C@@H]1CCN(S(=O)(=O)c2ccccc2)[C@H]1Cc1cnn(C)c1. The number of hydrogen-bond donors (Lipinski definition) is 0. The normalized spacial score (nSPS) is 22.3. The van der Waals surface area contributed by atoms with Crippen LogP contribution < -0.4 is 0 Å². The molecule has 1 aromatic heterocycles. The number of rotatable bonds is 5. The lowest BCUT2D eigenvalue weighted by molar-refractivity contribution is 0.237. The monoisotopic (exact) mass is 348 g/mol. The van der Waals surface area contributed by atoms with E-state index < -0.39 is 10.0 Å². The van der Waals surface area contributed by atoms with Crippen LogP contribution in [0.25, 0.3) is 0 Å². The molecule has 0 saturated carbocycles. The van der Waals surface area contributed by atoms with Gasteiger partial charge in [-0.3, -0.25) is 4.68 Å². The molecule has 1 saturated heterocycles. The second-order valence-electron chi connectivity index (χ2n) is 6.54. The fourth-order valence-corrected chi connectivity index (χ4v) is 5.18. The van der Waals surface area contributed by atoms with Gasteiger partial charge in [0.15, 0.2) is 0 Å². The molecule has 0 N–H and O–H groups in total. The number of likely N-dealkylation sites (N-methyl/N-ethyl adjacent to an activating group) is 1. The smallest absolute Gasteiger partial charge is 0.243 e. The molecule has 1 aliphatic rings. The van der Waals surface area contributed by atoms with Crippen molar-refractivity contribution < 1.29 is 8.42 Å². The van der Waals surface area contributed by atoms with Gasteiger partial charge in [0.2, 0.25) is 10.0 Å². The Bertz CT molecular complexity index is 786. The van der Waals surface area contributed by atoms with Crippen LogP contribution in [0.2, 0.25) is 0 Å². The van der Waals surface area contributed by atoms with E-state index in [9.17, 15) is 8.42 Å². The molecule has 0 bridgehead atoms. The number of sulfonamides is 1. The van der Waals surface area contributed by atoms with Gasteiger partial charge >= 0.3 is 0 Å². The molecule has 2 atom stereocenters. The van der Waals surface area contributed by atoms with Crippen LogP contribution >= 0.6 is 0 Å². The topological polar surface area (TPSA) is 58.4 Å². The summed E-state index contributed by atoms with van der Waals surface area (Å²) in [6, 6.07) is 8.81. The third kappa shape index (κ3) is 3.24. The summed E-state index contributed by atoms with van der Waals surface area (Å²) < 4.78 is 29.6. The molecule has 2 aromatic rings. The van der Waals surface area contributed by atoms with Gasteiger partial charge in [-0.05, 0) is 44.6 Å². The van der Waals surface area contributed by atoms with Gasteiger partial charge in [0.05, 0.1) is 11.1 Å². The molecular formula is C17H24N4O2S. The van der Waals surface area contributed by atoms with E-state index in [0.29, 0.717) is 17.9 Å². The second-order valence-corrected chi connectivity index (χ2v) is 8.43. The third-order valence-corrected chi connectivity index (χ3v) is 6.61. The van der Waals surface area contributed by atoms with E-state index in [1.165, 1.54) is 0 Å². The lowest BCUT2D eigenvalue weighted by Crippen LogP contribution is -2.45. The number of hydrogen-bond acceptors (Lipinski definition) is 4. The third-order valence-electron chi connectivity index (χ3n) is 4.68. The average molecular weight is 348 g/mol. The Morgan fingerprint density at radius 3 is 2.54 bits per heavy atom. The molecule has 0 amide bonds. The first kappa shape index (κ1) is 17.1. The van der Waals surface area contributed by atoms with Crippen molar-refractivity contribution in [3.63, 3.8) is 0 Å². The van der Waals surface area contributed by atoms with Crippen molar-refractivity contribution in [3.05, 3.63) is 48.3 Å². The van der Waals surface area contributed by atoms with Gasteiger partial charge < -0.3 is 4.90 Å². The van der Waals surface area contributed by atoms with Gasteiger partial charge in [-0.1, -0.05) is 18.2 Å². The van der Waals surface area contributed by atoms with Crippen molar-refractivity contribution in [1.82, 2.24) is 19.0 Å². The molecule has 2 heterocycles. The summed E-state index contributed by atoms with van der Waals surface area (Å²) in [4.78, 5) is 2.49. The van der Waals surface area contributed by atoms with Crippen LogP contribution in [0, 0.1) is 0 Å². The van der Waals surface area contributed by atoms with Crippen molar-refractivity contribution in [2.75, 3.05) is 20.6 Å². The molecule has 1 aromatic carbocycles. The molecule has 0 radical (unpaired) electrons. The highest BCUT2D eigenvalue weighted by molar-refractivity contribution is 7.89. The maximum absolute atomic E-state index is 13.1. The van der Waals surface area contributed by atoms with E-state index in [1.807, 2.05) is 39.6 Å². The van der Waals surface area contributed by atoms with Crippen LogP contribution in [0.4, 0.5) is 0 Å². The summed E-state index contributed by atoms with van der Waals surface area (Å²) in [6.45, 7) is 0.547. The molecule has 130 valence electrons. The van der Waals surface area contributed by atoms with Crippen LogP contribution in [0.3, 0.4) is 0 Å². The largest absolute Gasteiger partial charge is 0.305 e. The molecule has 6 nitrogen and oxygen atoms in total. The number of benzene rings is 1. The Morgan fingerprint density at radius 1 is 1.25 bits per heavy atom. The first-order chi connectivity index (χ1) is 11.4. The number of aromatic nitrogens is 2. The first-order valence-corrected chi connectivity index (χ1v) is 9.54. The van der Waals surface area contributed by atoms with E-state index in [1.54, 1.807) is 33.3 Å². The molecule has 3 rings (SSSR count).